The predicted molar refractivity (Wildman–Crippen MR) is 50.2 cm³/mol. The minimum Gasteiger partial charge on any atom is -0.423 e. The van der Waals surface area contributed by atoms with Crippen molar-refractivity contribution in [3.05, 3.63) is 29.8 Å². The zero-order valence-electron chi connectivity index (χ0n) is 7.14. The summed E-state index contributed by atoms with van der Waals surface area (Å²) in [5.41, 5.74) is 1.42. The molecule has 0 unspecified atom stereocenters. The lowest BCUT2D eigenvalue weighted by Gasteiger charge is -2.01. The molecular formula is C9H10BNO2. The standard InChI is InChI=1S/C9H10BNO2/c11-6-2-4-8-3-1-5-9(7-8)10(12)13/h1,3,5,7,12-13H,2,4H2. The van der Waals surface area contributed by atoms with Crippen LogP contribution in [0.25, 0.3) is 0 Å². The second-order valence-electron chi connectivity index (χ2n) is 2.78. The summed E-state index contributed by atoms with van der Waals surface area (Å²) in [5.74, 6) is 0. The molecule has 3 nitrogen and oxygen atoms in total. The van der Waals surface area contributed by atoms with Crippen LogP contribution in [0.15, 0.2) is 24.3 Å². The van der Waals surface area contributed by atoms with Crippen molar-refractivity contribution in [3.63, 3.8) is 0 Å². The second kappa shape index (κ2) is 4.66. The van der Waals surface area contributed by atoms with E-state index in [0.717, 1.165) is 5.56 Å². The number of hydrogen-bond donors (Lipinski definition) is 2. The molecule has 0 aliphatic heterocycles. The van der Waals surface area contributed by atoms with Crippen molar-refractivity contribution in [1.82, 2.24) is 0 Å². The predicted octanol–water partition coefficient (Wildman–Crippen LogP) is -0.177. The van der Waals surface area contributed by atoms with Crippen molar-refractivity contribution in [3.8, 4) is 6.07 Å². The van der Waals surface area contributed by atoms with Gasteiger partial charge in [0.05, 0.1) is 6.07 Å². The van der Waals surface area contributed by atoms with Gasteiger partial charge in [-0.2, -0.15) is 5.26 Å². The molecule has 0 spiro atoms. The first-order valence-corrected chi connectivity index (χ1v) is 4.06. The lowest BCUT2D eigenvalue weighted by Crippen LogP contribution is -2.29. The third-order valence-electron chi connectivity index (χ3n) is 1.77. The maximum atomic E-state index is 8.86. The zero-order chi connectivity index (χ0) is 9.68. The number of rotatable bonds is 3. The fourth-order valence-electron chi connectivity index (χ4n) is 1.11. The van der Waals surface area contributed by atoms with Gasteiger partial charge >= 0.3 is 7.12 Å². The van der Waals surface area contributed by atoms with Crippen LogP contribution in [0.5, 0.6) is 0 Å². The third kappa shape index (κ3) is 2.90. The highest BCUT2D eigenvalue weighted by Gasteiger charge is 2.10. The first-order chi connectivity index (χ1) is 6.24. The molecular weight excluding hydrogens is 165 g/mol. The molecule has 0 heterocycles. The Kier molecular flexibility index (Phi) is 3.50. The van der Waals surface area contributed by atoms with Crippen molar-refractivity contribution in [2.75, 3.05) is 0 Å². The average Bonchev–Trinajstić information content (AvgIpc) is 2.15. The van der Waals surface area contributed by atoms with Crippen molar-refractivity contribution in [2.24, 2.45) is 0 Å². The van der Waals surface area contributed by atoms with Crippen LogP contribution in [0, 0.1) is 11.3 Å². The highest BCUT2D eigenvalue weighted by atomic mass is 16.4. The molecule has 0 saturated heterocycles. The van der Waals surface area contributed by atoms with Crippen LogP contribution in [0.2, 0.25) is 0 Å². The molecule has 0 radical (unpaired) electrons. The smallest absolute Gasteiger partial charge is 0.423 e. The van der Waals surface area contributed by atoms with E-state index in [0.29, 0.717) is 18.3 Å². The van der Waals surface area contributed by atoms with Crippen LogP contribution in [-0.4, -0.2) is 17.2 Å². The molecule has 0 aliphatic rings. The van der Waals surface area contributed by atoms with E-state index in [1.165, 1.54) is 0 Å². The zero-order valence-corrected chi connectivity index (χ0v) is 7.14. The minimum atomic E-state index is -1.43. The Hall–Kier alpha value is -1.31. The summed E-state index contributed by atoms with van der Waals surface area (Å²) >= 11 is 0. The summed E-state index contributed by atoms with van der Waals surface area (Å²) in [4.78, 5) is 0. The van der Waals surface area contributed by atoms with Crippen molar-refractivity contribution < 1.29 is 10.0 Å². The largest absolute Gasteiger partial charge is 0.488 e. The molecule has 0 atom stereocenters. The van der Waals surface area contributed by atoms with E-state index in [1.54, 1.807) is 18.2 Å². The van der Waals surface area contributed by atoms with Crippen LogP contribution in [0.3, 0.4) is 0 Å². The summed E-state index contributed by atoms with van der Waals surface area (Å²) in [6, 6.07) is 8.99. The molecule has 66 valence electrons. The van der Waals surface area contributed by atoms with E-state index < -0.39 is 7.12 Å². The van der Waals surface area contributed by atoms with E-state index in [1.807, 2.05) is 12.1 Å². The molecule has 0 bridgehead atoms. The van der Waals surface area contributed by atoms with E-state index in [9.17, 15) is 0 Å². The third-order valence-corrected chi connectivity index (χ3v) is 1.77. The van der Waals surface area contributed by atoms with Crippen LogP contribution in [0.1, 0.15) is 12.0 Å². The number of nitrogens with zero attached hydrogens (tertiary/aromatic N) is 1. The first-order valence-electron chi connectivity index (χ1n) is 4.06. The maximum absolute atomic E-state index is 8.86. The topological polar surface area (TPSA) is 64.2 Å². The van der Waals surface area contributed by atoms with Gasteiger partial charge in [-0.05, 0) is 17.4 Å². The maximum Gasteiger partial charge on any atom is 0.488 e. The first kappa shape index (κ1) is 9.78. The Morgan fingerprint density at radius 2 is 2.15 bits per heavy atom. The van der Waals surface area contributed by atoms with E-state index in [4.69, 9.17) is 15.3 Å². The van der Waals surface area contributed by atoms with Gasteiger partial charge in [-0.3, -0.25) is 0 Å². The normalized spacial score (nSPS) is 9.31. The molecule has 0 saturated carbocycles. The number of aryl methyl sites for hydroxylation is 1. The SMILES string of the molecule is N#CCCc1cccc(B(O)O)c1. The summed E-state index contributed by atoms with van der Waals surface area (Å²) in [7, 11) is -1.43. The van der Waals surface area contributed by atoms with Gasteiger partial charge in [0.25, 0.3) is 0 Å². The molecule has 1 rings (SSSR count). The molecule has 0 aromatic heterocycles. The van der Waals surface area contributed by atoms with Crippen LogP contribution in [-0.2, 0) is 6.42 Å². The fourth-order valence-corrected chi connectivity index (χ4v) is 1.11. The average molecular weight is 175 g/mol. The molecule has 13 heavy (non-hydrogen) atoms. The summed E-state index contributed by atoms with van der Waals surface area (Å²) < 4.78 is 0. The summed E-state index contributed by atoms with van der Waals surface area (Å²) in [5, 5.41) is 26.1. The Morgan fingerprint density at radius 1 is 1.38 bits per heavy atom. The Bertz CT molecular complexity index is 320. The Balaban J connectivity index is 2.75. The number of hydrogen-bond acceptors (Lipinski definition) is 3. The second-order valence-corrected chi connectivity index (χ2v) is 2.78. The van der Waals surface area contributed by atoms with Gasteiger partial charge in [0, 0.05) is 6.42 Å². The van der Waals surface area contributed by atoms with Gasteiger partial charge < -0.3 is 10.0 Å². The van der Waals surface area contributed by atoms with Gasteiger partial charge in [-0.25, -0.2) is 0 Å². The lowest BCUT2D eigenvalue weighted by molar-refractivity contribution is 0.425. The highest BCUT2D eigenvalue weighted by molar-refractivity contribution is 6.58. The summed E-state index contributed by atoms with van der Waals surface area (Å²) in [6.07, 6.45) is 1.10. The van der Waals surface area contributed by atoms with Gasteiger partial charge in [0.1, 0.15) is 0 Å². The van der Waals surface area contributed by atoms with E-state index in [2.05, 4.69) is 0 Å². The van der Waals surface area contributed by atoms with Gasteiger partial charge in [0.15, 0.2) is 0 Å². The summed E-state index contributed by atoms with van der Waals surface area (Å²) in [6.45, 7) is 0. The van der Waals surface area contributed by atoms with Crippen LogP contribution < -0.4 is 5.46 Å². The van der Waals surface area contributed by atoms with Gasteiger partial charge in [-0.1, -0.05) is 24.3 Å². The van der Waals surface area contributed by atoms with Crippen molar-refractivity contribution in [2.45, 2.75) is 12.8 Å². The lowest BCUT2D eigenvalue weighted by atomic mass is 9.79. The van der Waals surface area contributed by atoms with Crippen LogP contribution in [0.4, 0.5) is 0 Å². The van der Waals surface area contributed by atoms with E-state index in [-0.39, 0.29) is 0 Å². The Morgan fingerprint density at radius 3 is 2.77 bits per heavy atom. The van der Waals surface area contributed by atoms with Gasteiger partial charge in [0.2, 0.25) is 0 Å². The monoisotopic (exact) mass is 175 g/mol. The minimum absolute atomic E-state index is 0.449. The molecule has 1 aromatic rings. The molecule has 4 heteroatoms. The van der Waals surface area contributed by atoms with Gasteiger partial charge in [-0.15, -0.1) is 0 Å². The van der Waals surface area contributed by atoms with Crippen LogP contribution >= 0.6 is 0 Å². The number of nitriles is 1. The quantitative estimate of drug-likeness (QED) is 0.626. The molecule has 0 aliphatic carbocycles. The Labute approximate surface area is 77.4 Å². The molecule has 1 aromatic carbocycles. The van der Waals surface area contributed by atoms with Crippen molar-refractivity contribution in [1.29, 1.82) is 5.26 Å². The highest BCUT2D eigenvalue weighted by Crippen LogP contribution is 2.00. The fraction of sp³-hybridized carbons (Fsp3) is 0.222. The van der Waals surface area contributed by atoms with Crippen molar-refractivity contribution >= 4 is 12.6 Å². The number of benzene rings is 1. The molecule has 0 fully saturated rings. The molecule has 0 amide bonds. The van der Waals surface area contributed by atoms with E-state index >= 15 is 0 Å². The molecule has 2 N–H and O–H groups in total.